The molecule has 2 aromatic rings. The molecule has 1 amide bonds. The van der Waals surface area contributed by atoms with Crippen molar-refractivity contribution in [2.75, 3.05) is 19.7 Å². The van der Waals surface area contributed by atoms with Gasteiger partial charge in [-0.1, -0.05) is 0 Å². The van der Waals surface area contributed by atoms with Crippen molar-refractivity contribution in [2.45, 2.75) is 25.9 Å². The quantitative estimate of drug-likeness (QED) is 0.868. The van der Waals surface area contributed by atoms with E-state index < -0.39 is 0 Å². The topological polar surface area (TPSA) is 101 Å². The zero-order valence-corrected chi connectivity index (χ0v) is 13.4. The van der Waals surface area contributed by atoms with Crippen molar-refractivity contribution in [3.05, 3.63) is 52.2 Å². The van der Waals surface area contributed by atoms with Crippen molar-refractivity contribution in [3.8, 4) is 0 Å². The number of carbonyl (C=O) groups excluding carboxylic acids is 1. The molecule has 3 rings (SSSR count). The van der Waals surface area contributed by atoms with Gasteiger partial charge in [-0.3, -0.25) is 14.6 Å². The Labute approximate surface area is 138 Å². The molecule has 3 heterocycles. The fraction of sp³-hybridized carbons (Fsp3) is 0.438. The van der Waals surface area contributed by atoms with Gasteiger partial charge in [0, 0.05) is 31.0 Å². The number of aryl methyl sites for hydroxylation is 2. The predicted molar refractivity (Wildman–Crippen MR) is 85.6 cm³/mol. The van der Waals surface area contributed by atoms with E-state index >= 15 is 0 Å². The molecular formula is C16H19N5O3. The molecule has 1 aliphatic rings. The Morgan fingerprint density at radius 3 is 3.00 bits per heavy atom. The third-order valence-electron chi connectivity index (χ3n) is 3.88. The Morgan fingerprint density at radius 1 is 1.38 bits per heavy atom. The highest BCUT2D eigenvalue weighted by molar-refractivity contribution is 5.92. The van der Waals surface area contributed by atoms with Crippen molar-refractivity contribution in [1.82, 2.24) is 24.8 Å². The number of amides is 1. The molecule has 1 N–H and O–H groups in total. The minimum Gasteiger partial charge on any atom is -0.375 e. The molecular weight excluding hydrogens is 310 g/mol. The van der Waals surface area contributed by atoms with Gasteiger partial charge in [-0.2, -0.15) is 0 Å². The summed E-state index contributed by atoms with van der Waals surface area (Å²) >= 11 is 0. The van der Waals surface area contributed by atoms with E-state index in [-0.39, 0.29) is 17.6 Å². The summed E-state index contributed by atoms with van der Waals surface area (Å²) in [7, 11) is 0. The largest absolute Gasteiger partial charge is 0.375 e. The molecule has 1 saturated heterocycles. The third kappa shape index (κ3) is 4.02. The highest BCUT2D eigenvalue weighted by atomic mass is 16.5. The number of morpholine rings is 1. The molecule has 2 aromatic heterocycles. The molecule has 0 spiro atoms. The number of nitrogens with one attached hydrogen (secondary N) is 1. The molecule has 0 aliphatic carbocycles. The molecule has 0 bridgehead atoms. The van der Waals surface area contributed by atoms with Crippen LogP contribution >= 0.6 is 0 Å². The first-order chi connectivity index (χ1) is 11.6. The Hall–Kier alpha value is -2.61. The zero-order chi connectivity index (χ0) is 16.9. The number of nitrogens with zero attached hydrogens (tertiary/aromatic N) is 4. The minimum atomic E-state index is -0.167. The Balaban J connectivity index is 1.58. The van der Waals surface area contributed by atoms with Crippen LogP contribution in [0.1, 0.15) is 28.3 Å². The van der Waals surface area contributed by atoms with Crippen molar-refractivity contribution in [3.63, 3.8) is 0 Å². The molecule has 0 radical (unpaired) electrons. The smallest absolute Gasteiger partial charge is 0.274 e. The fourth-order valence-corrected chi connectivity index (χ4v) is 2.60. The first-order valence-corrected chi connectivity index (χ1v) is 7.85. The predicted octanol–water partition coefficient (Wildman–Crippen LogP) is 0.342. The summed E-state index contributed by atoms with van der Waals surface area (Å²) in [5.41, 5.74) is 1.67. The second-order valence-electron chi connectivity index (χ2n) is 5.73. The number of H-pyrrole nitrogens is 1. The van der Waals surface area contributed by atoms with Crippen LogP contribution in [0.15, 0.2) is 29.6 Å². The Morgan fingerprint density at radius 2 is 2.25 bits per heavy atom. The molecule has 0 saturated carbocycles. The van der Waals surface area contributed by atoms with Crippen LogP contribution in [0.4, 0.5) is 0 Å². The van der Waals surface area contributed by atoms with E-state index in [1.165, 1.54) is 18.6 Å². The summed E-state index contributed by atoms with van der Waals surface area (Å²) in [6, 6.07) is 1.48. The lowest BCUT2D eigenvalue weighted by atomic mass is 10.1. The lowest BCUT2D eigenvalue weighted by molar-refractivity contribution is -0.0249. The summed E-state index contributed by atoms with van der Waals surface area (Å²) in [6.45, 7) is 3.35. The molecule has 0 aromatic carbocycles. The van der Waals surface area contributed by atoms with Crippen molar-refractivity contribution in [2.24, 2.45) is 0 Å². The second kappa shape index (κ2) is 7.31. The van der Waals surface area contributed by atoms with Gasteiger partial charge in [-0.25, -0.2) is 9.97 Å². The van der Waals surface area contributed by atoms with Crippen LogP contribution in [0.2, 0.25) is 0 Å². The summed E-state index contributed by atoms with van der Waals surface area (Å²) in [5, 5.41) is 0. The van der Waals surface area contributed by atoms with Gasteiger partial charge in [0.05, 0.1) is 30.9 Å². The standard InChI is InChI=1S/C16H19N5O3/c1-11-7-18-14(8-17-11)16(23)21-4-5-24-13(9-21)3-2-12-6-15(22)20-10-19-12/h6-8,10,13H,2-5,9H2,1H3,(H,19,20,22)/t13-/m1/s1. The maximum absolute atomic E-state index is 12.5. The van der Waals surface area contributed by atoms with Crippen LogP contribution in [-0.2, 0) is 11.2 Å². The lowest BCUT2D eigenvalue weighted by Crippen LogP contribution is -2.46. The van der Waals surface area contributed by atoms with E-state index in [2.05, 4.69) is 19.9 Å². The van der Waals surface area contributed by atoms with E-state index in [4.69, 9.17) is 4.74 Å². The van der Waals surface area contributed by atoms with E-state index in [0.29, 0.717) is 38.2 Å². The minimum absolute atomic E-state index is 0.0813. The van der Waals surface area contributed by atoms with Crippen LogP contribution in [0.5, 0.6) is 0 Å². The molecule has 1 aliphatic heterocycles. The third-order valence-corrected chi connectivity index (χ3v) is 3.88. The van der Waals surface area contributed by atoms with Crippen LogP contribution in [-0.4, -0.2) is 56.5 Å². The summed E-state index contributed by atoms with van der Waals surface area (Å²) in [4.78, 5) is 40.4. The van der Waals surface area contributed by atoms with Crippen molar-refractivity contribution >= 4 is 5.91 Å². The average molecular weight is 329 g/mol. The highest BCUT2D eigenvalue weighted by Gasteiger charge is 2.25. The molecule has 8 heteroatoms. The van der Waals surface area contributed by atoms with Gasteiger partial charge in [-0.15, -0.1) is 0 Å². The van der Waals surface area contributed by atoms with Gasteiger partial charge in [0.15, 0.2) is 0 Å². The van der Waals surface area contributed by atoms with Crippen LogP contribution in [0.3, 0.4) is 0 Å². The van der Waals surface area contributed by atoms with Gasteiger partial charge in [-0.05, 0) is 19.8 Å². The van der Waals surface area contributed by atoms with Crippen molar-refractivity contribution in [1.29, 1.82) is 0 Å². The first-order valence-electron chi connectivity index (χ1n) is 7.85. The van der Waals surface area contributed by atoms with E-state index in [9.17, 15) is 9.59 Å². The zero-order valence-electron chi connectivity index (χ0n) is 13.4. The van der Waals surface area contributed by atoms with E-state index in [0.717, 1.165) is 11.4 Å². The Bertz CT molecular complexity index is 759. The second-order valence-corrected chi connectivity index (χ2v) is 5.73. The highest BCUT2D eigenvalue weighted by Crippen LogP contribution is 2.13. The summed E-state index contributed by atoms with van der Waals surface area (Å²) in [5.74, 6) is -0.134. The van der Waals surface area contributed by atoms with Gasteiger partial charge in [0.1, 0.15) is 5.69 Å². The average Bonchev–Trinajstić information content (AvgIpc) is 2.60. The van der Waals surface area contributed by atoms with Crippen LogP contribution < -0.4 is 5.56 Å². The molecule has 8 nitrogen and oxygen atoms in total. The molecule has 126 valence electrons. The molecule has 24 heavy (non-hydrogen) atoms. The number of aromatic amines is 1. The number of aromatic nitrogens is 4. The monoisotopic (exact) mass is 329 g/mol. The van der Waals surface area contributed by atoms with Gasteiger partial charge in [0.25, 0.3) is 11.5 Å². The van der Waals surface area contributed by atoms with Crippen molar-refractivity contribution < 1.29 is 9.53 Å². The maximum atomic E-state index is 12.5. The summed E-state index contributed by atoms with van der Waals surface area (Å²) < 4.78 is 5.72. The number of hydrogen-bond donors (Lipinski definition) is 1. The number of carbonyl (C=O) groups is 1. The molecule has 1 atom stereocenters. The first kappa shape index (κ1) is 16.3. The number of rotatable bonds is 4. The number of hydrogen-bond acceptors (Lipinski definition) is 6. The van der Waals surface area contributed by atoms with Crippen LogP contribution in [0, 0.1) is 6.92 Å². The van der Waals surface area contributed by atoms with E-state index in [1.807, 2.05) is 6.92 Å². The number of ether oxygens (including phenoxy) is 1. The van der Waals surface area contributed by atoms with Gasteiger partial charge >= 0.3 is 0 Å². The normalized spacial score (nSPS) is 17.7. The van der Waals surface area contributed by atoms with E-state index in [1.54, 1.807) is 11.1 Å². The molecule has 1 fully saturated rings. The molecule has 0 unspecified atom stereocenters. The fourth-order valence-electron chi connectivity index (χ4n) is 2.60. The van der Waals surface area contributed by atoms with Gasteiger partial charge in [0.2, 0.25) is 0 Å². The Kier molecular flexibility index (Phi) is 4.95. The van der Waals surface area contributed by atoms with Gasteiger partial charge < -0.3 is 14.6 Å². The summed E-state index contributed by atoms with van der Waals surface area (Å²) in [6.07, 6.45) is 5.72. The van der Waals surface area contributed by atoms with Crippen LogP contribution in [0.25, 0.3) is 0 Å². The SMILES string of the molecule is Cc1cnc(C(=O)N2CCO[C@H](CCc3cc(=O)[nH]cn3)C2)cn1. The lowest BCUT2D eigenvalue weighted by Gasteiger charge is -2.32. The maximum Gasteiger partial charge on any atom is 0.274 e.